The fraction of sp³-hybridized carbons (Fsp3) is 0.462. The standard InChI is InChI=1S/C13H20N2O3S/c1-4-8-19(17,18)14-9-12(16)15-13-10(2)6-5-7-11(13)3/h5-7,14H,4,8-9H2,1-3H3,(H,15,16). The van der Waals surface area contributed by atoms with Gasteiger partial charge in [-0.05, 0) is 31.4 Å². The van der Waals surface area contributed by atoms with Crippen molar-refractivity contribution >= 4 is 21.6 Å². The number of nitrogens with one attached hydrogen (secondary N) is 2. The quantitative estimate of drug-likeness (QED) is 0.832. The summed E-state index contributed by atoms with van der Waals surface area (Å²) in [5.74, 6) is -0.332. The van der Waals surface area contributed by atoms with Crippen LogP contribution in [0.3, 0.4) is 0 Å². The van der Waals surface area contributed by atoms with E-state index in [0.717, 1.165) is 16.8 Å². The van der Waals surface area contributed by atoms with E-state index >= 15 is 0 Å². The van der Waals surface area contributed by atoms with Crippen molar-refractivity contribution in [2.75, 3.05) is 17.6 Å². The molecule has 0 aromatic heterocycles. The van der Waals surface area contributed by atoms with Crippen molar-refractivity contribution in [2.45, 2.75) is 27.2 Å². The van der Waals surface area contributed by atoms with E-state index in [9.17, 15) is 13.2 Å². The second-order valence-electron chi connectivity index (χ2n) is 4.45. The Hall–Kier alpha value is -1.40. The van der Waals surface area contributed by atoms with Gasteiger partial charge >= 0.3 is 0 Å². The fourth-order valence-corrected chi connectivity index (χ4v) is 2.74. The first-order valence-electron chi connectivity index (χ1n) is 6.19. The Morgan fingerprint density at radius 2 is 1.79 bits per heavy atom. The Labute approximate surface area is 114 Å². The SMILES string of the molecule is CCCS(=O)(=O)NCC(=O)Nc1c(C)cccc1C. The van der Waals surface area contributed by atoms with Gasteiger partial charge in [-0.3, -0.25) is 4.79 Å². The van der Waals surface area contributed by atoms with Crippen LogP contribution < -0.4 is 10.0 Å². The molecule has 0 aliphatic rings. The normalized spacial score (nSPS) is 11.3. The Morgan fingerprint density at radius 1 is 1.21 bits per heavy atom. The lowest BCUT2D eigenvalue weighted by atomic mass is 10.1. The van der Waals surface area contributed by atoms with Gasteiger partial charge in [-0.2, -0.15) is 0 Å². The molecule has 0 unspecified atom stereocenters. The minimum Gasteiger partial charge on any atom is -0.324 e. The number of carbonyl (C=O) groups is 1. The van der Waals surface area contributed by atoms with Gasteiger partial charge in [-0.1, -0.05) is 25.1 Å². The van der Waals surface area contributed by atoms with Crippen molar-refractivity contribution in [3.05, 3.63) is 29.3 Å². The maximum absolute atomic E-state index is 11.7. The molecule has 19 heavy (non-hydrogen) atoms. The number of hydrogen-bond donors (Lipinski definition) is 2. The third-order valence-electron chi connectivity index (χ3n) is 2.67. The van der Waals surface area contributed by atoms with Crippen molar-refractivity contribution in [1.82, 2.24) is 4.72 Å². The molecule has 0 aliphatic heterocycles. The number of para-hydroxylation sites is 1. The number of sulfonamides is 1. The Morgan fingerprint density at radius 3 is 2.32 bits per heavy atom. The van der Waals surface area contributed by atoms with Crippen LogP contribution in [0.1, 0.15) is 24.5 Å². The van der Waals surface area contributed by atoms with Gasteiger partial charge in [-0.15, -0.1) is 0 Å². The summed E-state index contributed by atoms with van der Waals surface area (Å²) in [5.41, 5.74) is 2.64. The van der Waals surface area contributed by atoms with E-state index in [2.05, 4.69) is 10.0 Å². The summed E-state index contributed by atoms with van der Waals surface area (Å²) < 4.78 is 25.1. The van der Waals surface area contributed by atoms with E-state index < -0.39 is 10.0 Å². The van der Waals surface area contributed by atoms with Crippen molar-refractivity contribution in [3.63, 3.8) is 0 Å². The smallest absolute Gasteiger partial charge is 0.239 e. The molecule has 0 atom stereocenters. The fourth-order valence-electron chi connectivity index (χ4n) is 1.71. The molecule has 0 radical (unpaired) electrons. The summed E-state index contributed by atoms with van der Waals surface area (Å²) >= 11 is 0. The molecule has 0 saturated carbocycles. The third-order valence-corrected chi connectivity index (χ3v) is 4.20. The molecule has 106 valence electrons. The molecule has 1 aromatic rings. The number of carbonyl (C=O) groups excluding carboxylic acids is 1. The average molecular weight is 284 g/mol. The zero-order chi connectivity index (χ0) is 14.5. The first kappa shape index (κ1) is 15.7. The first-order valence-corrected chi connectivity index (χ1v) is 7.84. The maximum Gasteiger partial charge on any atom is 0.239 e. The summed E-state index contributed by atoms with van der Waals surface area (Å²) in [6.45, 7) is 5.32. The highest BCUT2D eigenvalue weighted by Crippen LogP contribution is 2.18. The molecule has 1 amide bonds. The van der Waals surface area contributed by atoms with E-state index in [1.54, 1.807) is 6.92 Å². The molecule has 1 rings (SSSR count). The van der Waals surface area contributed by atoms with Gasteiger partial charge in [-0.25, -0.2) is 13.1 Å². The molecule has 0 fully saturated rings. The van der Waals surface area contributed by atoms with Crippen molar-refractivity contribution in [1.29, 1.82) is 0 Å². The molecule has 0 heterocycles. The van der Waals surface area contributed by atoms with Gasteiger partial charge in [0.25, 0.3) is 0 Å². The Bertz CT molecular complexity index is 533. The highest BCUT2D eigenvalue weighted by molar-refractivity contribution is 7.89. The first-order chi connectivity index (χ1) is 8.85. The lowest BCUT2D eigenvalue weighted by Crippen LogP contribution is -2.34. The second-order valence-corrected chi connectivity index (χ2v) is 6.38. The second kappa shape index (κ2) is 6.68. The number of benzene rings is 1. The van der Waals surface area contributed by atoms with E-state index in [4.69, 9.17) is 0 Å². The number of hydrogen-bond acceptors (Lipinski definition) is 3. The van der Waals surface area contributed by atoms with Crippen LogP contribution >= 0.6 is 0 Å². The lowest BCUT2D eigenvalue weighted by Gasteiger charge is -2.11. The zero-order valence-corrected chi connectivity index (χ0v) is 12.3. The predicted molar refractivity (Wildman–Crippen MR) is 76.6 cm³/mol. The number of rotatable bonds is 6. The third kappa shape index (κ3) is 5.00. The highest BCUT2D eigenvalue weighted by Gasteiger charge is 2.12. The molecule has 6 heteroatoms. The van der Waals surface area contributed by atoms with Gasteiger partial charge in [0.2, 0.25) is 15.9 Å². The van der Waals surface area contributed by atoms with Crippen LogP contribution in [-0.4, -0.2) is 26.6 Å². The Kier molecular flexibility index (Phi) is 5.50. The van der Waals surface area contributed by atoms with E-state index in [-0.39, 0.29) is 18.2 Å². The van der Waals surface area contributed by atoms with Gasteiger partial charge in [0.15, 0.2) is 0 Å². The number of anilines is 1. The number of amides is 1. The molecule has 0 bridgehead atoms. The van der Waals surface area contributed by atoms with Gasteiger partial charge in [0.05, 0.1) is 12.3 Å². The van der Waals surface area contributed by atoms with Gasteiger partial charge in [0, 0.05) is 5.69 Å². The molecule has 0 saturated heterocycles. The maximum atomic E-state index is 11.7. The van der Waals surface area contributed by atoms with Crippen LogP contribution in [0.2, 0.25) is 0 Å². The summed E-state index contributed by atoms with van der Waals surface area (Å²) in [4.78, 5) is 11.7. The molecular formula is C13H20N2O3S. The lowest BCUT2D eigenvalue weighted by molar-refractivity contribution is -0.115. The van der Waals surface area contributed by atoms with Crippen LogP contribution in [0, 0.1) is 13.8 Å². The van der Waals surface area contributed by atoms with E-state index in [1.165, 1.54) is 0 Å². The summed E-state index contributed by atoms with van der Waals surface area (Å²) in [6, 6.07) is 5.69. The van der Waals surface area contributed by atoms with Crippen LogP contribution in [0.25, 0.3) is 0 Å². The Balaban J connectivity index is 2.62. The predicted octanol–water partition coefficient (Wildman–Crippen LogP) is 1.57. The highest BCUT2D eigenvalue weighted by atomic mass is 32.2. The summed E-state index contributed by atoms with van der Waals surface area (Å²) in [7, 11) is -3.35. The molecular weight excluding hydrogens is 264 g/mol. The number of aryl methyl sites for hydroxylation is 2. The monoisotopic (exact) mass is 284 g/mol. The largest absolute Gasteiger partial charge is 0.324 e. The van der Waals surface area contributed by atoms with Crippen molar-refractivity contribution in [3.8, 4) is 0 Å². The summed E-state index contributed by atoms with van der Waals surface area (Å²) in [6.07, 6.45) is 0.522. The van der Waals surface area contributed by atoms with Crippen molar-refractivity contribution < 1.29 is 13.2 Å². The summed E-state index contributed by atoms with van der Waals surface area (Å²) in [5, 5.41) is 2.73. The zero-order valence-electron chi connectivity index (χ0n) is 11.5. The minimum absolute atomic E-state index is 0.0314. The van der Waals surface area contributed by atoms with Gasteiger partial charge in [0.1, 0.15) is 0 Å². The topological polar surface area (TPSA) is 75.3 Å². The molecule has 1 aromatic carbocycles. The van der Waals surface area contributed by atoms with Crippen LogP contribution in [0.4, 0.5) is 5.69 Å². The minimum atomic E-state index is -3.35. The van der Waals surface area contributed by atoms with Crippen LogP contribution in [0.5, 0.6) is 0 Å². The molecule has 0 spiro atoms. The van der Waals surface area contributed by atoms with E-state index in [1.807, 2.05) is 32.0 Å². The molecule has 5 nitrogen and oxygen atoms in total. The van der Waals surface area contributed by atoms with Crippen LogP contribution in [-0.2, 0) is 14.8 Å². The molecule has 0 aliphatic carbocycles. The molecule has 2 N–H and O–H groups in total. The van der Waals surface area contributed by atoms with Crippen LogP contribution in [0.15, 0.2) is 18.2 Å². The van der Waals surface area contributed by atoms with E-state index in [0.29, 0.717) is 6.42 Å². The van der Waals surface area contributed by atoms with Crippen molar-refractivity contribution in [2.24, 2.45) is 0 Å². The average Bonchev–Trinajstić information content (AvgIpc) is 2.32. The van der Waals surface area contributed by atoms with Gasteiger partial charge < -0.3 is 5.32 Å².